The first-order valence-electron chi connectivity index (χ1n) is 6.28. The molecule has 3 unspecified atom stereocenters. The Morgan fingerprint density at radius 2 is 2.20 bits per heavy atom. The Morgan fingerprint density at radius 3 is 2.80 bits per heavy atom. The molecule has 90 valence electrons. The molecule has 1 rings (SSSR count). The minimum Gasteiger partial charge on any atom is -0.392 e. The third-order valence-electron chi connectivity index (χ3n) is 3.51. The Balaban J connectivity index is 2.34. The van der Waals surface area contributed by atoms with Gasteiger partial charge < -0.3 is 10.4 Å². The summed E-state index contributed by atoms with van der Waals surface area (Å²) in [5, 5.41) is 13.0. The topological polar surface area (TPSA) is 35.5 Å². The summed E-state index contributed by atoms with van der Waals surface area (Å²) in [5.41, 5.74) is 0. The highest BCUT2D eigenvalue weighted by Crippen LogP contribution is 2.19. The van der Waals surface area contributed by atoms with E-state index in [0.717, 1.165) is 32.1 Å². The first kappa shape index (κ1) is 12.9. The molecular weight excluding hydrogens is 188 g/mol. The van der Waals surface area contributed by atoms with Crippen molar-refractivity contribution < 1.29 is 5.11 Å². The van der Waals surface area contributed by atoms with Crippen LogP contribution in [0.15, 0.2) is 0 Å². The monoisotopic (exact) mass is 214 g/mol. The highest BCUT2D eigenvalue weighted by atomic mass is 16.3. The molecule has 0 aromatic heterocycles. The molecule has 3 heteroatoms. The summed E-state index contributed by atoms with van der Waals surface area (Å²) < 4.78 is 0. The van der Waals surface area contributed by atoms with Gasteiger partial charge in [0.15, 0.2) is 0 Å². The van der Waals surface area contributed by atoms with Gasteiger partial charge in [0.25, 0.3) is 0 Å². The first-order valence-corrected chi connectivity index (χ1v) is 6.28. The van der Waals surface area contributed by atoms with Gasteiger partial charge in [-0.3, -0.25) is 4.90 Å². The van der Waals surface area contributed by atoms with Crippen molar-refractivity contribution in [2.75, 3.05) is 26.2 Å². The van der Waals surface area contributed by atoms with Crippen LogP contribution in [0.1, 0.15) is 33.6 Å². The summed E-state index contributed by atoms with van der Waals surface area (Å²) in [6.45, 7) is 10.6. The minimum atomic E-state index is -0.220. The second-order valence-corrected chi connectivity index (χ2v) is 4.79. The fraction of sp³-hybridized carbons (Fsp3) is 1.00. The van der Waals surface area contributed by atoms with Crippen LogP contribution in [0.5, 0.6) is 0 Å². The zero-order valence-corrected chi connectivity index (χ0v) is 10.4. The molecule has 0 aromatic rings. The molecule has 0 aliphatic carbocycles. The van der Waals surface area contributed by atoms with Crippen molar-refractivity contribution in [3.8, 4) is 0 Å². The highest BCUT2D eigenvalue weighted by Gasteiger charge is 2.25. The molecule has 1 fully saturated rings. The molecule has 3 atom stereocenters. The number of likely N-dealkylation sites (tertiary alicyclic amines) is 1. The summed E-state index contributed by atoms with van der Waals surface area (Å²) in [7, 11) is 0. The molecule has 0 bridgehead atoms. The van der Waals surface area contributed by atoms with E-state index in [9.17, 15) is 5.11 Å². The standard InChI is InChI=1S/C12H26N2O/c1-4-13-8-12-6-5-7-14(9-12)10(2)11(3)15/h10-13,15H,4-9H2,1-3H3. The van der Waals surface area contributed by atoms with E-state index in [1.807, 2.05) is 6.92 Å². The molecule has 3 nitrogen and oxygen atoms in total. The van der Waals surface area contributed by atoms with Gasteiger partial charge in [0.05, 0.1) is 6.10 Å². The summed E-state index contributed by atoms with van der Waals surface area (Å²) >= 11 is 0. The fourth-order valence-corrected chi connectivity index (χ4v) is 2.29. The van der Waals surface area contributed by atoms with E-state index < -0.39 is 0 Å². The van der Waals surface area contributed by atoms with Crippen molar-refractivity contribution in [1.29, 1.82) is 0 Å². The molecule has 2 N–H and O–H groups in total. The number of rotatable bonds is 5. The average molecular weight is 214 g/mol. The Kier molecular flexibility index (Phi) is 5.58. The summed E-state index contributed by atoms with van der Waals surface area (Å²) in [6, 6.07) is 0.300. The fourth-order valence-electron chi connectivity index (χ4n) is 2.29. The molecule has 1 aliphatic rings. The predicted molar refractivity (Wildman–Crippen MR) is 64.0 cm³/mol. The molecular formula is C12H26N2O. The molecule has 15 heavy (non-hydrogen) atoms. The van der Waals surface area contributed by atoms with E-state index >= 15 is 0 Å². The lowest BCUT2D eigenvalue weighted by Crippen LogP contribution is -2.47. The number of nitrogens with zero attached hydrogens (tertiary/aromatic N) is 1. The van der Waals surface area contributed by atoms with Crippen molar-refractivity contribution in [2.45, 2.75) is 45.8 Å². The lowest BCUT2D eigenvalue weighted by Gasteiger charge is -2.38. The Hall–Kier alpha value is -0.120. The normalized spacial score (nSPS) is 27.6. The number of aliphatic hydroxyl groups excluding tert-OH is 1. The summed E-state index contributed by atoms with van der Waals surface area (Å²) in [5.74, 6) is 0.764. The Bertz CT molecular complexity index is 173. The van der Waals surface area contributed by atoms with Crippen LogP contribution in [0.2, 0.25) is 0 Å². The van der Waals surface area contributed by atoms with E-state index in [1.165, 1.54) is 12.8 Å². The minimum absolute atomic E-state index is 0.220. The van der Waals surface area contributed by atoms with Gasteiger partial charge in [0.1, 0.15) is 0 Å². The molecule has 1 aliphatic heterocycles. The third-order valence-corrected chi connectivity index (χ3v) is 3.51. The molecule has 0 amide bonds. The van der Waals surface area contributed by atoms with Gasteiger partial charge in [0.2, 0.25) is 0 Å². The van der Waals surface area contributed by atoms with Gasteiger partial charge >= 0.3 is 0 Å². The number of hydrogen-bond acceptors (Lipinski definition) is 3. The van der Waals surface area contributed by atoms with Crippen LogP contribution in [-0.4, -0.2) is 48.3 Å². The van der Waals surface area contributed by atoms with Crippen LogP contribution in [0.4, 0.5) is 0 Å². The van der Waals surface area contributed by atoms with Gasteiger partial charge in [-0.25, -0.2) is 0 Å². The van der Waals surface area contributed by atoms with Crippen LogP contribution in [0.3, 0.4) is 0 Å². The molecule has 0 saturated carbocycles. The van der Waals surface area contributed by atoms with Crippen molar-refractivity contribution in [2.24, 2.45) is 5.92 Å². The lowest BCUT2D eigenvalue weighted by molar-refractivity contribution is 0.0433. The Labute approximate surface area is 93.9 Å². The summed E-state index contributed by atoms with van der Waals surface area (Å²) in [4.78, 5) is 2.43. The molecule has 0 spiro atoms. The third kappa shape index (κ3) is 4.09. The van der Waals surface area contributed by atoms with Gasteiger partial charge in [-0.05, 0) is 52.2 Å². The van der Waals surface area contributed by atoms with Gasteiger partial charge in [-0.1, -0.05) is 6.92 Å². The second-order valence-electron chi connectivity index (χ2n) is 4.79. The highest BCUT2D eigenvalue weighted by molar-refractivity contribution is 4.80. The van der Waals surface area contributed by atoms with Crippen LogP contribution < -0.4 is 5.32 Å². The van der Waals surface area contributed by atoms with Gasteiger partial charge in [0, 0.05) is 12.6 Å². The summed E-state index contributed by atoms with van der Waals surface area (Å²) in [6.07, 6.45) is 2.38. The number of nitrogens with one attached hydrogen (secondary N) is 1. The van der Waals surface area contributed by atoms with Crippen LogP contribution in [0, 0.1) is 5.92 Å². The van der Waals surface area contributed by atoms with E-state index in [2.05, 4.69) is 24.1 Å². The van der Waals surface area contributed by atoms with Gasteiger partial charge in [-0.15, -0.1) is 0 Å². The van der Waals surface area contributed by atoms with Crippen molar-refractivity contribution in [1.82, 2.24) is 10.2 Å². The molecule has 1 heterocycles. The average Bonchev–Trinajstić information content (AvgIpc) is 2.25. The number of piperidine rings is 1. The maximum atomic E-state index is 9.58. The van der Waals surface area contributed by atoms with Crippen molar-refractivity contribution >= 4 is 0 Å². The van der Waals surface area contributed by atoms with Crippen LogP contribution >= 0.6 is 0 Å². The zero-order chi connectivity index (χ0) is 11.3. The largest absolute Gasteiger partial charge is 0.392 e. The van der Waals surface area contributed by atoms with E-state index in [4.69, 9.17) is 0 Å². The maximum absolute atomic E-state index is 9.58. The van der Waals surface area contributed by atoms with Crippen molar-refractivity contribution in [3.05, 3.63) is 0 Å². The number of hydrogen-bond donors (Lipinski definition) is 2. The van der Waals surface area contributed by atoms with E-state index in [1.54, 1.807) is 0 Å². The van der Waals surface area contributed by atoms with E-state index in [-0.39, 0.29) is 6.10 Å². The Morgan fingerprint density at radius 1 is 1.47 bits per heavy atom. The SMILES string of the molecule is CCNCC1CCCN(C(C)C(C)O)C1. The number of aliphatic hydroxyl groups is 1. The second kappa shape index (κ2) is 6.46. The first-order chi connectivity index (χ1) is 7.15. The quantitative estimate of drug-likeness (QED) is 0.719. The van der Waals surface area contributed by atoms with Gasteiger partial charge in [-0.2, -0.15) is 0 Å². The smallest absolute Gasteiger partial charge is 0.0664 e. The maximum Gasteiger partial charge on any atom is 0.0664 e. The zero-order valence-electron chi connectivity index (χ0n) is 10.4. The molecule has 1 saturated heterocycles. The predicted octanol–water partition coefficient (Wildman–Crippen LogP) is 1.08. The lowest BCUT2D eigenvalue weighted by atomic mass is 9.96. The van der Waals surface area contributed by atoms with Crippen LogP contribution in [-0.2, 0) is 0 Å². The van der Waals surface area contributed by atoms with E-state index in [0.29, 0.717) is 6.04 Å². The van der Waals surface area contributed by atoms with Crippen molar-refractivity contribution in [3.63, 3.8) is 0 Å². The van der Waals surface area contributed by atoms with Crippen LogP contribution in [0.25, 0.3) is 0 Å². The molecule has 0 aromatic carbocycles. The molecule has 0 radical (unpaired) electrons.